The van der Waals surface area contributed by atoms with Gasteiger partial charge < -0.3 is 9.80 Å². The Balaban J connectivity index is 1.47. The summed E-state index contributed by atoms with van der Waals surface area (Å²) in [6.07, 6.45) is 1.86. The first kappa shape index (κ1) is 28.0. The summed E-state index contributed by atoms with van der Waals surface area (Å²) in [6.45, 7) is 7.61. The normalized spacial score (nSPS) is 14.7. The number of thioether (sulfide) groups is 1. The Kier molecular flexibility index (Phi) is 8.24. The van der Waals surface area contributed by atoms with E-state index in [9.17, 15) is 8.78 Å². The van der Waals surface area contributed by atoms with Crippen LogP contribution in [0, 0.1) is 11.6 Å². The van der Waals surface area contributed by atoms with Crippen molar-refractivity contribution in [2.45, 2.75) is 30.2 Å². The van der Waals surface area contributed by atoms with E-state index in [-0.39, 0.29) is 11.6 Å². The van der Waals surface area contributed by atoms with Crippen molar-refractivity contribution in [3.05, 3.63) is 105 Å². The number of nitrogens with zero attached hydrogens (tertiary/aromatic N) is 4. The van der Waals surface area contributed by atoms with Gasteiger partial charge in [0.15, 0.2) is 5.16 Å². The molecule has 0 amide bonds. The van der Waals surface area contributed by atoms with Gasteiger partial charge in [-0.25, -0.2) is 13.8 Å². The van der Waals surface area contributed by atoms with Gasteiger partial charge in [0.25, 0.3) is 0 Å². The molecule has 9 heteroatoms. The van der Waals surface area contributed by atoms with Crippen molar-refractivity contribution in [2.75, 3.05) is 38.1 Å². The summed E-state index contributed by atoms with van der Waals surface area (Å²) in [4.78, 5) is 9.15. The predicted octanol–water partition coefficient (Wildman–Crippen LogP) is 7.83. The number of benzene rings is 3. The first-order chi connectivity index (χ1) is 18.6. The second-order valence-corrected chi connectivity index (χ2v) is 12.1. The molecule has 1 aromatic heterocycles. The van der Waals surface area contributed by atoms with Gasteiger partial charge in [-0.05, 0) is 66.7 Å². The highest BCUT2D eigenvalue weighted by Crippen LogP contribution is 2.39. The molecule has 1 aliphatic rings. The number of likely N-dealkylation sites (N-methyl/N-ethyl adjacent to an activating group) is 1. The van der Waals surface area contributed by atoms with Gasteiger partial charge in [0.2, 0.25) is 0 Å². The molecule has 0 atom stereocenters. The Morgan fingerprint density at radius 2 is 1.62 bits per heavy atom. The molecular formula is C30H30Cl2F2N4S. The summed E-state index contributed by atoms with van der Waals surface area (Å²) >= 11 is 14.1. The lowest BCUT2D eigenvalue weighted by molar-refractivity contribution is 0.311. The SMILES string of the molecule is CN1CCN(c2cc(CSc3ncc(C(C)(C)c4ccc(Cl)c(Cl)c4)n3-c3ccc(F)cc3)ccc2F)CC1. The maximum Gasteiger partial charge on any atom is 0.173 e. The van der Waals surface area contributed by atoms with Gasteiger partial charge in [0, 0.05) is 43.0 Å². The predicted molar refractivity (Wildman–Crippen MR) is 158 cm³/mol. The zero-order chi connectivity index (χ0) is 27.7. The second kappa shape index (κ2) is 11.5. The van der Waals surface area contributed by atoms with Crippen molar-refractivity contribution in [3.63, 3.8) is 0 Å². The van der Waals surface area contributed by atoms with Crippen LogP contribution >= 0.6 is 35.0 Å². The number of halogens is 4. The van der Waals surface area contributed by atoms with Crippen LogP contribution in [0.3, 0.4) is 0 Å². The van der Waals surface area contributed by atoms with E-state index < -0.39 is 5.41 Å². The lowest BCUT2D eigenvalue weighted by Gasteiger charge is -2.34. The zero-order valence-corrected chi connectivity index (χ0v) is 24.4. The van der Waals surface area contributed by atoms with Crippen molar-refractivity contribution in [1.82, 2.24) is 14.5 Å². The average Bonchev–Trinajstić information content (AvgIpc) is 3.35. The fourth-order valence-corrected chi connectivity index (χ4v) is 6.07. The molecule has 0 bridgehead atoms. The number of hydrogen-bond donors (Lipinski definition) is 0. The van der Waals surface area contributed by atoms with Crippen LogP contribution in [0.2, 0.25) is 10.0 Å². The molecule has 39 heavy (non-hydrogen) atoms. The Hall–Kier alpha value is -2.58. The van der Waals surface area contributed by atoms with Gasteiger partial charge in [0.1, 0.15) is 11.6 Å². The second-order valence-electron chi connectivity index (χ2n) is 10.4. The zero-order valence-electron chi connectivity index (χ0n) is 22.1. The summed E-state index contributed by atoms with van der Waals surface area (Å²) in [7, 11) is 2.08. The summed E-state index contributed by atoms with van der Waals surface area (Å²) in [5, 5.41) is 1.74. The third kappa shape index (κ3) is 5.97. The Morgan fingerprint density at radius 3 is 2.31 bits per heavy atom. The minimum Gasteiger partial charge on any atom is -0.367 e. The lowest BCUT2D eigenvalue weighted by Crippen LogP contribution is -2.44. The molecule has 0 saturated carbocycles. The molecule has 4 nitrogen and oxygen atoms in total. The van der Waals surface area contributed by atoms with Gasteiger partial charge in [0.05, 0.1) is 27.6 Å². The molecule has 0 radical (unpaired) electrons. The van der Waals surface area contributed by atoms with E-state index in [0.717, 1.165) is 53.8 Å². The Labute approximate surface area is 242 Å². The van der Waals surface area contributed by atoms with Gasteiger partial charge >= 0.3 is 0 Å². The highest BCUT2D eigenvalue weighted by Gasteiger charge is 2.30. The summed E-state index contributed by atoms with van der Waals surface area (Å²) in [5.74, 6) is 0.0965. The van der Waals surface area contributed by atoms with E-state index >= 15 is 0 Å². The van der Waals surface area contributed by atoms with Crippen molar-refractivity contribution in [1.29, 1.82) is 0 Å². The molecule has 0 unspecified atom stereocenters. The highest BCUT2D eigenvalue weighted by atomic mass is 35.5. The van der Waals surface area contributed by atoms with Crippen molar-refractivity contribution >= 4 is 40.7 Å². The van der Waals surface area contributed by atoms with Crippen LogP contribution in [-0.4, -0.2) is 47.7 Å². The third-order valence-corrected chi connectivity index (χ3v) is 9.08. The topological polar surface area (TPSA) is 24.3 Å². The average molecular weight is 588 g/mol. The molecule has 2 heterocycles. The van der Waals surface area contributed by atoms with Crippen molar-refractivity contribution in [2.24, 2.45) is 0 Å². The maximum absolute atomic E-state index is 14.8. The molecule has 0 aliphatic carbocycles. The van der Waals surface area contributed by atoms with Crippen LogP contribution in [0.15, 0.2) is 72.0 Å². The molecule has 5 rings (SSSR count). The first-order valence-electron chi connectivity index (χ1n) is 12.8. The van der Waals surface area contributed by atoms with Gasteiger partial charge in [-0.1, -0.05) is 60.9 Å². The van der Waals surface area contributed by atoms with Crippen LogP contribution in [0.1, 0.15) is 30.7 Å². The number of aromatic nitrogens is 2. The largest absolute Gasteiger partial charge is 0.367 e. The van der Waals surface area contributed by atoms with E-state index in [1.165, 1.54) is 12.1 Å². The molecular weight excluding hydrogens is 557 g/mol. The maximum atomic E-state index is 14.8. The van der Waals surface area contributed by atoms with Crippen LogP contribution in [0.25, 0.3) is 5.69 Å². The lowest BCUT2D eigenvalue weighted by atomic mass is 9.81. The fourth-order valence-electron chi connectivity index (χ4n) is 4.84. The molecule has 0 N–H and O–H groups in total. The fraction of sp³-hybridized carbons (Fsp3) is 0.300. The van der Waals surface area contributed by atoms with Crippen LogP contribution < -0.4 is 4.90 Å². The molecule has 0 spiro atoms. The van der Waals surface area contributed by atoms with Crippen molar-refractivity contribution in [3.8, 4) is 5.69 Å². The number of rotatable bonds is 7. The third-order valence-electron chi connectivity index (χ3n) is 7.32. The summed E-state index contributed by atoms with van der Waals surface area (Å²) in [5.41, 5.74) is 3.87. The van der Waals surface area contributed by atoms with Crippen LogP contribution in [-0.2, 0) is 11.2 Å². The quantitative estimate of drug-likeness (QED) is 0.206. The van der Waals surface area contributed by atoms with Gasteiger partial charge in [-0.2, -0.15) is 0 Å². The first-order valence-corrected chi connectivity index (χ1v) is 14.5. The number of anilines is 1. The van der Waals surface area contributed by atoms with E-state index in [2.05, 4.69) is 35.3 Å². The molecule has 1 aliphatic heterocycles. The van der Waals surface area contributed by atoms with E-state index in [1.807, 2.05) is 30.5 Å². The van der Waals surface area contributed by atoms with Crippen molar-refractivity contribution < 1.29 is 8.78 Å². The molecule has 4 aromatic rings. The molecule has 3 aromatic carbocycles. The summed E-state index contributed by atoms with van der Waals surface area (Å²) in [6, 6.07) is 17.3. The minimum atomic E-state index is -0.487. The van der Waals surface area contributed by atoms with E-state index in [1.54, 1.807) is 36.0 Å². The number of piperazine rings is 1. The highest BCUT2D eigenvalue weighted by molar-refractivity contribution is 7.98. The molecule has 204 valence electrons. The molecule has 1 fully saturated rings. The smallest absolute Gasteiger partial charge is 0.173 e. The van der Waals surface area contributed by atoms with E-state index in [0.29, 0.717) is 21.5 Å². The monoisotopic (exact) mass is 586 g/mol. The minimum absolute atomic E-state index is 0.202. The van der Waals surface area contributed by atoms with Gasteiger partial charge in [-0.15, -0.1) is 0 Å². The number of hydrogen-bond acceptors (Lipinski definition) is 4. The molecule has 1 saturated heterocycles. The standard InChI is InChI=1S/C30H30Cl2F2N4S/c1-30(2,21-5-10-24(31)25(32)17-21)28-18-35-29(38(28)23-8-6-22(33)7-9-23)39-19-20-4-11-26(34)27(16-20)37-14-12-36(3)13-15-37/h4-11,16-18H,12-15,19H2,1-3H3. The van der Waals surface area contributed by atoms with Crippen LogP contribution in [0.4, 0.5) is 14.5 Å². The van der Waals surface area contributed by atoms with E-state index in [4.69, 9.17) is 28.2 Å². The van der Waals surface area contributed by atoms with Crippen LogP contribution in [0.5, 0.6) is 0 Å². The number of imidazole rings is 1. The summed E-state index contributed by atoms with van der Waals surface area (Å²) < 4.78 is 30.6. The Bertz CT molecular complexity index is 1460. The van der Waals surface area contributed by atoms with Gasteiger partial charge in [-0.3, -0.25) is 4.57 Å². The Morgan fingerprint density at radius 1 is 0.897 bits per heavy atom.